The molecule has 0 spiro atoms. The Hall–Kier alpha value is -2.68. The van der Waals surface area contributed by atoms with Gasteiger partial charge in [0.25, 0.3) is 0 Å². The Labute approximate surface area is 184 Å². The number of hydrogen-bond donors (Lipinski definition) is 2. The van der Waals surface area contributed by atoms with Crippen molar-refractivity contribution in [3.63, 3.8) is 0 Å². The van der Waals surface area contributed by atoms with E-state index in [1.54, 1.807) is 25.3 Å². The molecule has 2 aliphatic rings. The van der Waals surface area contributed by atoms with Crippen LogP contribution < -0.4 is 20.7 Å². The van der Waals surface area contributed by atoms with Gasteiger partial charge in [0, 0.05) is 34.5 Å². The monoisotopic (exact) mass is 448 g/mol. The van der Waals surface area contributed by atoms with Crippen LogP contribution in [0.4, 0.5) is 11.4 Å². The van der Waals surface area contributed by atoms with Crippen molar-refractivity contribution in [2.75, 3.05) is 43.6 Å². The summed E-state index contributed by atoms with van der Waals surface area (Å²) in [5, 5.41) is 4.41. The van der Waals surface area contributed by atoms with Crippen LogP contribution in [0.25, 0.3) is 0 Å². The Morgan fingerprint density at radius 1 is 1.10 bits per heavy atom. The first kappa shape index (κ1) is 20.6. The third kappa shape index (κ3) is 4.56. The van der Waals surface area contributed by atoms with E-state index in [9.17, 15) is 0 Å². The molecule has 1 saturated heterocycles. The van der Waals surface area contributed by atoms with Crippen LogP contribution in [-0.4, -0.2) is 56.5 Å². The highest BCUT2D eigenvalue weighted by atomic mass is 35.5. The molecule has 4 rings (SSSR count). The van der Waals surface area contributed by atoms with Crippen LogP contribution in [-0.2, 0) is 4.74 Å². The van der Waals surface area contributed by atoms with Crippen LogP contribution in [0.1, 0.15) is 0 Å². The SMILES string of the molecule is COc1ccc(N2C(N3CCOCC3)=NC(N)=NC2Nc2cc(Cl)cc(Cl)c2)cc1. The normalized spacial score (nSPS) is 19.2. The molecular formula is C20H22Cl2N6O2. The maximum atomic E-state index is 6.18. The molecule has 10 heteroatoms. The number of nitrogens with zero attached hydrogens (tertiary/aromatic N) is 4. The molecular weight excluding hydrogens is 427 g/mol. The summed E-state index contributed by atoms with van der Waals surface area (Å²) in [7, 11) is 1.63. The third-order valence-electron chi connectivity index (χ3n) is 4.73. The minimum Gasteiger partial charge on any atom is -0.497 e. The lowest BCUT2D eigenvalue weighted by molar-refractivity contribution is 0.0671. The van der Waals surface area contributed by atoms with Crippen molar-refractivity contribution in [1.29, 1.82) is 0 Å². The Morgan fingerprint density at radius 2 is 1.77 bits per heavy atom. The predicted octanol–water partition coefficient (Wildman–Crippen LogP) is 3.22. The second kappa shape index (κ2) is 8.99. The molecule has 1 fully saturated rings. The summed E-state index contributed by atoms with van der Waals surface area (Å²) < 4.78 is 10.8. The number of anilines is 2. The van der Waals surface area contributed by atoms with Crippen molar-refractivity contribution in [3.8, 4) is 5.75 Å². The fourth-order valence-electron chi connectivity index (χ4n) is 3.35. The number of morpholine rings is 1. The maximum Gasteiger partial charge on any atom is 0.222 e. The smallest absolute Gasteiger partial charge is 0.222 e. The van der Waals surface area contributed by atoms with E-state index < -0.39 is 6.29 Å². The molecule has 2 heterocycles. The number of nitrogens with two attached hydrogens (primary N) is 1. The molecule has 0 bridgehead atoms. The van der Waals surface area contributed by atoms with Gasteiger partial charge in [-0.1, -0.05) is 23.2 Å². The first-order valence-electron chi connectivity index (χ1n) is 9.44. The van der Waals surface area contributed by atoms with Gasteiger partial charge in [0.05, 0.1) is 20.3 Å². The molecule has 2 aromatic rings. The molecule has 1 atom stereocenters. The number of hydrogen-bond acceptors (Lipinski definition) is 8. The number of methoxy groups -OCH3 is 1. The molecule has 0 aromatic heterocycles. The average Bonchev–Trinajstić information content (AvgIpc) is 2.73. The largest absolute Gasteiger partial charge is 0.497 e. The molecule has 0 saturated carbocycles. The maximum absolute atomic E-state index is 6.18. The Balaban J connectivity index is 1.72. The van der Waals surface area contributed by atoms with Gasteiger partial charge >= 0.3 is 0 Å². The van der Waals surface area contributed by atoms with Crippen LogP contribution in [0.15, 0.2) is 52.4 Å². The zero-order valence-corrected chi connectivity index (χ0v) is 17.9. The number of halogens is 2. The minimum absolute atomic E-state index is 0.187. The minimum atomic E-state index is -0.553. The van der Waals surface area contributed by atoms with Crippen LogP contribution >= 0.6 is 23.2 Å². The van der Waals surface area contributed by atoms with Crippen molar-refractivity contribution in [2.45, 2.75) is 6.29 Å². The van der Waals surface area contributed by atoms with Gasteiger partial charge < -0.3 is 25.4 Å². The Kier molecular flexibility index (Phi) is 6.17. The highest BCUT2D eigenvalue weighted by Gasteiger charge is 2.32. The van der Waals surface area contributed by atoms with E-state index in [0.29, 0.717) is 42.3 Å². The predicted molar refractivity (Wildman–Crippen MR) is 121 cm³/mol. The van der Waals surface area contributed by atoms with E-state index in [1.165, 1.54) is 0 Å². The molecule has 8 nitrogen and oxygen atoms in total. The topological polar surface area (TPSA) is 87.7 Å². The molecule has 158 valence electrons. The van der Waals surface area contributed by atoms with E-state index >= 15 is 0 Å². The number of rotatable bonds is 4. The van der Waals surface area contributed by atoms with Gasteiger partial charge in [-0.2, -0.15) is 4.99 Å². The standard InChI is InChI=1S/C20H22Cl2N6O2/c1-29-17-4-2-16(3-5-17)28-19(24-15-11-13(21)10-14(22)12-15)25-18(23)26-20(28)27-6-8-30-9-7-27/h2-5,10-12,19,24H,6-9H2,1H3,(H2,23,25). The van der Waals surface area contributed by atoms with Crippen LogP contribution in [0.3, 0.4) is 0 Å². The van der Waals surface area contributed by atoms with Crippen molar-refractivity contribution in [3.05, 3.63) is 52.5 Å². The lowest BCUT2D eigenvalue weighted by Gasteiger charge is -2.41. The van der Waals surface area contributed by atoms with Crippen LogP contribution in [0.5, 0.6) is 5.75 Å². The van der Waals surface area contributed by atoms with E-state index in [2.05, 4.69) is 20.2 Å². The highest BCUT2D eigenvalue weighted by Crippen LogP contribution is 2.28. The van der Waals surface area contributed by atoms with Gasteiger partial charge in [0.2, 0.25) is 18.2 Å². The molecule has 0 amide bonds. The van der Waals surface area contributed by atoms with E-state index in [0.717, 1.165) is 17.1 Å². The molecule has 2 aliphatic heterocycles. The average molecular weight is 449 g/mol. The Morgan fingerprint density at radius 3 is 2.40 bits per heavy atom. The fraction of sp³-hybridized carbons (Fsp3) is 0.300. The second-order valence-electron chi connectivity index (χ2n) is 6.74. The van der Waals surface area contributed by atoms with E-state index in [-0.39, 0.29) is 5.96 Å². The molecule has 3 N–H and O–H groups in total. The summed E-state index contributed by atoms with van der Waals surface area (Å²) >= 11 is 12.4. The highest BCUT2D eigenvalue weighted by molar-refractivity contribution is 6.35. The van der Waals surface area contributed by atoms with Gasteiger partial charge in [0.15, 0.2) is 0 Å². The van der Waals surface area contributed by atoms with Crippen LogP contribution in [0.2, 0.25) is 10.0 Å². The summed E-state index contributed by atoms with van der Waals surface area (Å²) in [5.74, 6) is 1.64. The lowest BCUT2D eigenvalue weighted by Crippen LogP contribution is -2.57. The first-order valence-corrected chi connectivity index (χ1v) is 10.2. The van der Waals surface area contributed by atoms with Crippen molar-refractivity contribution in [2.24, 2.45) is 15.7 Å². The molecule has 2 aromatic carbocycles. The van der Waals surface area contributed by atoms with E-state index in [1.807, 2.05) is 29.2 Å². The number of guanidine groups is 2. The second-order valence-corrected chi connectivity index (χ2v) is 7.62. The molecule has 0 aliphatic carbocycles. The summed E-state index contributed by atoms with van der Waals surface area (Å²) in [6, 6.07) is 12.9. The van der Waals surface area contributed by atoms with Gasteiger partial charge in [-0.15, -0.1) is 0 Å². The number of ether oxygens (including phenoxy) is 2. The molecule has 30 heavy (non-hydrogen) atoms. The number of benzene rings is 2. The van der Waals surface area contributed by atoms with Crippen molar-refractivity contribution < 1.29 is 9.47 Å². The number of nitrogens with one attached hydrogen (secondary N) is 1. The molecule has 0 radical (unpaired) electrons. The van der Waals surface area contributed by atoms with Crippen molar-refractivity contribution >= 4 is 46.5 Å². The van der Waals surface area contributed by atoms with E-state index in [4.69, 9.17) is 38.4 Å². The summed E-state index contributed by atoms with van der Waals surface area (Å²) in [6.45, 7) is 2.64. The summed E-state index contributed by atoms with van der Waals surface area (Å²) in [6.07, 6.45) is -0.553. The zero-order chi connectivity index (χ0) is 21.1. The lowest BCUT2D eigenvalue weighted by atomic mass is 10.2. The number of aliphatic imine (C=N–C) groups is 2. The fourth-order valence-corrected chi connectivity index (χ4v) is 3.87. The van der Waals surface area contributed by atoms with Crippen LogP contribution in [0, 0.1) is 0 Å². The van der Waals surface area contributed by atoms with Gasteiger partial charge in [0.1, 0.15) is 5.75 Å². The third-order valence-corrected chi connectivity index (χ3v) is 5.17. The van der Waals surface area contributed by atoms with Gasteiger partial charge in [-0.05, 0) is 42.5 Å². The Bertz CT molecular complexity index is 940. The molecule has 1 unspecified atom stereocenters. The first-order chi connectivity index (χ1) is 14.5. The zero-order valence-electron chi connectivity index (χ0n) is 16.4. The van der Waals surface area contributed by atoms with Gasteiger partial charge in [-0.3, -0.25) is 4.90 Å². The summed E-state index contributed by atoms with van der Waals surface area (Å²) in [5.41, 5.74) is 7.68. The van der Waals surface area contributed by atoms with Gasteiger partial charge in [-0.25, -0.2) is 4.99 Å². The van der Waals surface area contributed by atoms with Crippen molar-refractivity contribution in [1.82, 2.24) is 4.90 Å². The quantitative estimate of drug-likeness (QED) is 0.746. The summed E-state index contributed by atoms with van der Waals surface area (Å²) in [4.78, 5) is 13.2.